The van der Waals surface area contributed by atoms with Crippen molar-refractivity contribution in [2.75, 3.05) is 13.2 Å². The van der Waals surface area contributed by atoms with Crippen LogP contribution in [-0.4, -0.2) is 58.4 Å². The highest BCUT2D eigenvalue weighted by Gasteiger charge is 2.47. The zero-order chi connectivity index (χ0) is 18.8. The Morgan fingerprint density at radius 3 is 1.21 bits per heavy atom. The average Bonchev–Trinajstić information content (AvgIpc) is 2.46. The lowest BCUT2D eigenvalue weighted by Crippen LogP contribution is -2.47. The first kappa shape index (κ1) is 20.6. The maximum absolute atomic E-state index is 12.5. The van der Waals surface area contributed by atoms with Gasteiger partial charge in [-0.15, -0.1) is 0 Å². The second-order valence-corrected chi connectivity index (χ2v) is 6.36. The van der Waals surface area contributed by atoms with E-state index in [9.17, 15) is 27.2 Å². The molecule has 2 saturated heterocycles. The topological polar surface area (TPSA) is 93.1 Å². The predicted octanol–water partition coefficient (Wildman–Crippen LogP) is 2.55. The summed E-state index contributed by atoms with van der Waals surface area (Å²) in [5.41, 5.74) is -2.86. The third-order valence-corrected chi connectivity index (χ3v) is 4.04. The zero-order valence-electron chi connectivity index (χ0n) is 13.3. The van der Waals surface area contributed by atoms with Crippen LogP contribution in [0.5, 0.6) is 0 Å². The lowest BCUT2D eigenvalue weighted by Gasteiger charge is -2.33. The highest BCUT2D eigenvalue weighted by Crippen LogP contribution is 2.34. The van der Waals surface area contributed by atoms with Crippen molar-refractivity contribution >= 4 is 11.9 Å². The zero-order valence-corrected chi connectivity index (χ0v) is 13.3. The fourth-order valence-corrected chi connectivity index (χ4v) is 2.00. The van der Waals surface area contributed by atoms with E-state index in [1.54, 1.807) is 0 Å². The Balaban J connectivity index is 0.000000240. The van der Waals surface area contributed by atoms with Gasteiger partial charge in [0.2, 0.25) is 0 Å². The number of aliphatic carboxylic acids is 2. The number of hydrogen-bond acceptors (Lipinski definition) is 4. The summed E-state index contributed by atoms with van der Waals surface area (Å²) in [7, 11) is 0. The predicted molar refractivity (Wildman–Crippen MR) is 72.3 cm³/mol. The third-order valence-electron chi connectivity index (χ3n) is 4.04. The smallest absolute Gasteiger partial charge is 0.335 e. The van der Waals surface area contributed by atoms with E-state index in [-0.39, 0.29) is 12.8 Å². The van der Waals surface area contributed by atoms with E-state index in [1.165, 1.54) is 13.8 Å². The van der Waals surface area contributed by atoms with Crippen LogP contribution in [0.4, 0.5) is 17.6 Å². The molecule has 2 atom stereocenters. The first-order valence-corrected chi connectivity index (χ1v) is 7.22. The molecular weight excluding hydrogens is 340 g/mol. The minimum Gasteiger partial charge on any atom is -0.479 e. The van der Waals surface area contributed by atoms with Gasteiger partial charge in [0, 0.05) is 12.8 Å². The molecule has 2 aliphatic rings. The molecule has 2 heterocycles. The van der Waals surface area contributed by atoms with Crippen molar-refractivity contribution in [2.24, 2.45) is 0 Å². The second kappa shape index (κ2) is 6.83. The van der Waals surface area contributed by atoms with E-state index in [2.05, 4.69) is 9.47 Å². The highest BCUT2D eigenvalue weighted by atomic mass is 19.3. The fraction of sp³-hybridized carbons (Fsp3) is 0.857. The number of carboxylic acids is 2. The van der Waals surface area contributed by atoms with Crippen molar-refractivity contribution in [3.05, 3.63) is 0 Å². The van der Waals surface area contributed by atoms with E-state index >= 15 is 0 Å². The second-order valence-electron chi connectivity index (χ2n) is 6.36. The normalized spacial score (nSPS) is 34.6. The van der Waals surface area contributed by atoms with Crippen LogP contribution >= 0.6 is 0 Å². The fourth-order valence-electron chi connectivity index (χ4n) is 2.00. The van der Waals surface area contributed by atoms with Crippen molar-refractivity contribution < 1.29 is 46.8 Å². The van der Waals surface area contributed by atoms with Gasteiger partial charge < -0.3 is 19.7 Å². The highest BCUT2D eigenvalue weighted by molar-refractivity contribution is 5.77. The summed E-state index contributed by atoms with van der Waals surface area (Å²) in [6.45, 7) is 1.03. The number of rotatable bonds is 2. The van der Waals surface area contributed by atoms with Gasteiger partial charge in [0.05, 0.1) is 0 Å². The Kier molecular flexibility index (Phi) is 5.87. The average molecular weight is 360 g/mol. The van der Waals surface area contributed by atoms with Gasteiger partial charge in [-0.2, -0.15) is 0 Å². The molecule has 140 valence electrons. The minimum absolute atomic E-state index is 0.144. The van der Waals surface area contributed by atoms with Crippen LogP contribution in [0, 0.1) is 0 Å². The molecule has 2 rings (SSSR count). The summed E-state index contributed by atoms with van der Waals surface area (Å²) in [5, 5.41) is 17.2. The van der Waals surface area contributed by atoms with Gasteiger partial charge in [-0.3, -0.25) is 0 Å². The monoisotopic (exact) mass is 360 g/mol. The number of ether oxygens (including phenoxy) is 2. The molecule has 0 aromatic heterocycles. The van der Waals surface area contributed by atoms with Crippen LogP contribution in [0.1, 0.15) is 39.5 Å². The van der Waals surface area contributed by atoms with E-state index < -0.39 is 61.0 Å². The van der Waals surface area contributed by atoms with Crippen LogP contribution < -0.4 is 0 Å². The third kappa shape index (κ3) is 5.30. The molecule has 6 nitrogen and oxygen atoms in total. The first-order valence-electron chi connectivity index (χ1n) is 7.22. The Morgan fingerprint density at radius 2 is 1.04 bits per heavy atom. The Morgan fingerprint density at radius 1 is 0.750 bits per heavy atom. The maximum atomic E-state index is 12.5. The largest absolute Gasteiger partial charge is 0.479 e. The van der Waals surface area contributed by atoms with Crippen molar-refractivity contribution in [3.63, 3.8) is 0 Å². The van der Waals surface area contributed by atoms with Crippen molar-refractivity contribution in [1.82, 2.24) is 0 Å². The van der Waals surface area contributed by atoms with E-state index in [0.29, 0.717) is 0 Å². The van der Waals surface area contributed by atoms with Crippen molar-refractivity contribution in [2.45, 2.75) is 62.6 Å². The molecule has 10 heteroatoms. The van der Waals surface area contributed by atoms with Gasteiger partial charge in [0.15, 0.2) is 11.2 Å². The Hall–Kier alpha value is -1.42. The summed E-state index contributed by atoms with van der Waals surface area (Å²) in [4.78, 5) is 21.0. The number of hydrogen-bond donors (Lipinski definition) is 2. The lowest BCUT2D eigenvalue weighted by molar-refractivity contribution is -0.201. The summed E-state index contributed by atoms with van der Waals surface area (Å²) < 4.78 is 59.2. The Labute approximate surface area is 135 Å². The molecular formula is C14H20F4O6. The summed E-state index contributed by atoms with van der Waals surface area (Å²) >= 11 is 0. The summed E-state index contributed by atoms with van der Waals surface area (Å²) in [6, 6.07) is 0. The van der Waals surface area contributed by atoms with Gasteiger partial charge in [-0.05, 0) is 26.7 Å². The molecule has 0 aromatic carbocycles. The van der Waals surface area contributed by atoms with Crippen molar-refractivity contribution in [3.8, 4) is 0 Å². The van der Waals surface area contributed by atoms with E-state index in [0.717, 1.165) is 0 Å². The van der Waals surface area contributed by atoms with Gasteiger partial charge in [0.25, 0.3) is 11.8 Å². The number of carboxylic acid groups (broad SMARTS) is 2. The molecule has 0 bridgehead atoms. The number of carbonyl (C=O) groups is 2. The molecule has 0 unspecified atom stereocenters. The van der Waals surface area contributed by atoms with Gasteiger partial charge in [0.1, 0.15) is 13.2 Å². The first-order chi connectivity index (χ1) is 10.7. The molecule has 2 aliphatic heterocycles. The van der Waals surface area contributed by atoms with Crippen LogP contribution in [0.2, 0.25) is 0 Å². The molecule has 0 saturated carbocycles. The molecule has 2 fully saturated rings. The molecule has 0 amide bonds. The van der Waals surface area contributed by atoms with Gasteiger partial charge in [-0.1, -0.05) is 0 Å². The van der Waals surface area contributed by atoms with Crippen LogP contribution in [-0.2, 0) is 19.1 Å². The SMILES string of the molecule is C[C@@]1(C(=O)O)CCC(F)(F)CO1.C[C@]1(C(=O)O)CCC(F)(F)CO1. The van der Waals surface area contributed by atoms with Gasteiger partial charge in [-0.25, -0.2) is 27.2 Å². The minimum atomic E-state index is -2.87. The molecule has 24 heavy (non-hydrogen) atoms. The number of alkyl halides is 4. The molecule has 0 spiro atoms. The summed E-state index contributed by atoms with van der Waals surface area (Å²) in [5.74, 6) is -8.10. The molecule has 2 N–H and O–H groups in total. The van der Waals surface area contributed by atoms with Crippen molar-refractivity contribution in [1.29, 1.82) is 0 Å². The Bertz CT molecular complexity index is 430. The lowest BCUT2D eigenvalue weighted by atomic mass is 9.94. The molecule has 0 radical (unpaired) electrons. The standard InChI is InChI=1S/2C7H10F2O3/c2*1-6(5(10)11)2-3-7(8,9)4-12-6/h2*2-4H2,1H3,(H,10,11)/t2*6-/m10/s1. The summed E-state index contributed by atoms with van der Waals surface area (Å²) in [6.07, 6.45) is -1.13. The van der Waals surface area contributed by atoms with Gasteiger partial charge >= 0.3 is 11.9 Å². The van der Waals surface area contributed by atoms with Crippen LogP contribution in [0.25, 0.3) is 0 Å². The molecule has 0 aromatic rings. The van der Waals surface area contributed by atoms with Crippen LogP contribution in [0.3, 0.4) is 0 Å². The van der Waals surface area contributed by atoms with Crippen LogP contribution in [0.15, 0.2) is 0 Å². The quantitative estimate of drug-likeness (QED) is 0.735. The molecule has 0 aliphatic carbocycles. The number of halogens is 4. The van der Waals surface area contributed by atoms with E-state index in [4.69, 9.17) is 10.2 Å². The van der Waals surface area contributed by atoms with E-state index in [1.807, 2.05) is 0 Å². The maximum Gasteiger partial charge on any atom is 0.335 e.